The van der Waals surface area contributed by atoms with Crippen LogP contribution < -0.4 is 20.9 Å². The third kappa shape index (κ3) is 9.66. The van der Waals surface area contributed by atoms with E-state index in [1.54, 1.807) is 36.6 Å². The summed E-state index contributed by atoms with van der Waals surface area (Å²) < 4.78 is 23.2. The van der Waals surface area contributed by atoms with Gasteiger partial charge in [0.25, 0.3) is 0 Å². The lowest BCUT2D eigenvalue weighted by Gasteiger charge is -2.43. The smallest absolute Gasteiger partial charge is 0.408 e. The van der Waals surface area contributed by atoms with Crippen molar-refractivity contribution in [2.75, 3.05) is 26.2 Å². The van der Waals surface area contributed by atoms with Gasteiger partial charge >= 0.3 is 12.1 Å². The van der Waals surface area contributed by atoms with Crippen LogP contribution in [0.5, 0.6) is 11.5 Å². The fourth-order valence-corrected chi connectivity index (χ4v) is 7.85. The number of ether oxygens (including phenoxy) is 3. The molecule has 3 fully saturated rings. The van der Waals surface area contributed by atoms with E-state index >= 15 is 0 Å². The Balaban J connectivity index is 0.806. The summed E-state index contributed by atoms with van der Waals surface area (Å²) in [6.07, 6.45) is 2.25. The fourth-order valence-electron chi connectivity index (χ4n) is 7.85. The Morgan fingerprint density at radius 1 is 0.881 bits per heavy atom. The molecule has 0 radical (unpaired) electrons. The van der Waals surface area contributed by atoms with Gasteiger partial charge < -0.3 is 44.5 Å². The van der Waals surface area contributed by atoms with Gasteiger partial charge in [0.2, 0.25) is 5.56 Å². The first-order chi connectivity index (χ1) is 28.8. The highest BCUT2D eigenvalue weighted by Gasteiger charge is 2.37. The lowest BCUT2D eigenvalue weighted by molar-refractivity contribution is -0.0336. The number of aromatic amines is 1. The molecule has 13 heteroatoms. The van der Waals surface area contributed by atoms with Gasteiger partial charge in [-0.15, -0.1) is 0 Å². The highest BCUT2D eigenvalue weighted by molar-refractivity contribution is 5.89. The zero-order valence-electron chi connectivity index (χ0n) is 32.3. The zero-order chi connectivity index (χ0) is 40.7. The number of furan rings is 1. The number of hydrogen-bond acceptors (Lipinski definition) is 11. The van der Waals surface area contributed by atoms with Crippen molar-refractivity contribution < 1.29 is 38.4 Å². The molecular weight excluding hydrogens is 753 g/mol. The SMILES string of the molecule is O=C(N[C@@H](c1ccccc1)c1cccc(OCc2ccc(C(=O)OCc3cc(CNCC(O)c4ccc(O)c5[nH]c(=O)ccc45)co3)cc2)c1)OC1CN2CCC1CC2. The molecule has 3 atom stereocenters. The molecule has 4 aromatic carbocycles. The molecule has 2 bridgehead atoms. The first-order valence-corrected chi connectivity index (χ1v) is 19.8. The predicted molar refractivity (Wildman–Crippen MR) is 219 cm³/mol. The van der Waals surface area contributed by atoms with Crippen LogP contribution >= 0.6 is 0 Å². The lowest BCUT2D eigenvalue weighted by Crippen LogP contribution is -2.52. The molecular formula is C46H46N4O9. The third-order valence-corrected chi connectivity index (χ3v) is 11.0. The maximum atomic E-state index is 13.2. The van der Waals surface area contributed by atoms with Crippen molar-refractivity contribution >= 4 is 23.0 Å². The molecule has 2 unspecified atom stereocenters. The number of aliphatic hydroxyl groups excluding tert-OH is 1. The van der Waals surface area contributed by atoms with Crippen molar-refractivity contribution in [3.63, 3.8) is 0 Å². The zero-order valence-corrected chi connectivity index (χ0v) is 32.3. The number of amides is 1. The normalized spacial score (nSPS) is 18.2. The topological polar surface area (TPSA) is 176 Å². The number of carbonyl (C=O) groups excluding carboxylic acids is 2. The molecule has 59 heavy (non-hydrogen) atoms. The number of esters is 1. The maximum Gasteiger partial charge on any atom is 0.408 e. The molecule has 9 rings (SSSR count). The predicted octanol–water partition coefficient (Wildman–Crippen LogP) is 6.50. The highest BCUT2D eigenvalue weighted by Crippen LogP contribution is 2.31. The van der Waals surface area contributed by atoms with Crippen LogP contribution in [0.4, 0.5) is 4.79 Å². The minimum Gasteiger partial charge on any atom is -0.506 e. The second kappa shape index (κ2) is 18.0. The van der Waals surface area contributed by atoms with E-state index in [0.29, 0.717) is 40.5 Å². The molecule has 0 spiro atoms. The van der Waals surface area contributed by atoms with Gasteiger partial charge in [-0.3, -0.25) is 9.69 Å². The monoisotopic (exact) mass is 798 g/mol. The lowest BCUT2D eigenvalue weighted by atomic mass is 9.86. The molecule has 3 saturated heterocycles. The Labute approximate surface area is 340 Å². The summed E-state index contributed by atoms with van der Waals surface area (Å²) in [5, 5.41) is 27.8. The van der Waals surface area contributed by atoms with Crippen molar-refractivity contribution in [1.29, 1.82) is 0 Å². The van der Waals surface area contributed by atoms with Crippen LogP contribution in [-0.2, 0) is 29.2 Å². The number of piperidine rings is 3. The van der Waals surface area contributed by atoms with E-state index in [9.17, 15) is 24.6 Å². The van der Waals surface area contributed by atoms with E-state index < -0.39 is 24.2 Å². The number of carbonyl (C=O) groups is 2. The van der Waals surface area contributed by atoms with Crippen LogP contribution in [0.2, 0.25) is 0 Å². The Morgan fingerprint density at radius 2 is 1.68 bits per heavy atom. The number of nitrogens with one attached hydrogen (secondary N) is 3. The number of H-pyrrole nitrogens is 1. The summed E-state index contributed by atoms with van der Waals surface area (Å²) in [5.74, 6) is 0.936. The van der Waals surface area contributed by atoms with Crippen molar-refractivity contribution in [3.8, 4) is 11.5 Å². The van der Waals surface area contributed by atoms with E-state index in [-0.39, 0.29) is 42.7 Å². The maximum absolute atomic E-state index is 13.2. The number of hydrogen-bond donors (Lipinski definition) is 5. The molecule has 0 saturated carbocycles. The van der Waals surface area contributed by atoms with Crippen molar-refractivity contribution in [2.24, 2.45) is 5.92 Å². The molecule has 3 aliphatic heterocycles. The van der Waals surface area contributed by atoms with E-state index in [4.69, 9.17) is 18.6 Å². The number of alkyl carbamates (subject to hydrolysis) is 1. The van der Waals surface area contributed by atoms with E-state index in [0.717, 1.165) is 54.7 Å². The van der Waals surface area contributed by atoms with E-state index in [1.165, 1.54) is 12.1 Å². The minimum atomic E-state index is -0.904. The Morgan fingerprint density at radius 3 is 2.46 bits per heavy atom. The van der Waals surface area contributed by atoms with Gasteiger partial charge in [-0.25, -0.2) is 9.59 Å². The Bertz CT molecular complexity index is 2440. The molecule has 2 aromatic heterocycles. The van der Waals surface area contributed by atoms with E-state index in [1.807, 2.05) is 66.7 Å². The van der Waals surface area contributed by atoms with Crippen molar-refractivity contribution in [1.82, 2.24) is 20.5 Å². The highest BCUT2D eigenvalue weighted by atomic mass is 16.6. The summed E-state index contributed by atoms with van der Waals surface area (Å²) in [7, 11) is 0. The second-order valence-electron chi connectivity index (χ2n) is 15.1. The van der Waals surface area contributed by atoms with Gasteiger partial charge in [0.1, 0.15) is 36.6 Å². The molecule has 1 amide bonds. The molecule has 6 aromatic rings. The number of phenols is 1. The Hall–Kier alpha value is -6.41. The molecule has 13 nitrogen and oxygen atoms in total. The minimum absolute atomic E-state index is 0.0589. The van der Waals surface area contributed by atoms with Crippen LogP contribution in [0.3, 0.4) is 0 Å². The molecule has 3 aliphatic rings. The van der Waals surface area contributed by atoms with Crippen LogP contribution in [0.1, 0.15) is 68.9 Å². The van der Waals surface area contributed by atoms with Gasteiger partial charge in [-0.2, -0.15) is 0 Å². The second-order valence-corrected chi connectivity index (χ2v) is 15.1. The van der Waals surface area contributed by atoms with Gasteiger partial charge in [0, 0.05) is 36.7 Å². The van der Waals surface area contributed by atoms with Crippen molar-refractivity contribution in [3.05, 3.63) is 165 Å². The van der Waals surface area contributed by atoms with Crippen LogP contribution in [0.15, 0.2) is 125 Å². The number of phenolic OH excluding ortho intramolecular Hbond substituents is 1. The quantitative estimate of drug-likeness (QED) is 0.0718. The van der Waals surface area contributed by atoms with Gasteiger partial charge in [0.15, 0.2) is 0 Å². The first kappa shape index (κ1) is 39.4. The van der Waals surface area contributed by atoms with Crippen LogP contribution in [0.25, 0.3) is 10.9 Å². The van der Waals surface area contributed by atoms with E-state index in [2.05, 4.69) is 20.5 Å². The molecule has 0 aliphatic carbocycles. The number of pyridine rings is 1. The number of aromatic nitrogens is 1. The number of nitrogens with zero attached hydrogens (tertiary/aromatic N) is 1. The van der Waals surface area contributed by atoms with Crippen molar-refractivity contribution in [2.45, 2.75) is 50.8 Å². The van der Waals surface area contributed by atoms with Crippen LogP contribution in [-0.4, -0.2) is 64.4 Å². The largest absolute Gasteiger partial charge is 0.506 e. The van der Waals surface area contributed by atoms with Gasteiger partial charge in [-0.05, 0) is 96.6 Å². The first-order valence-electron chi connectivity index (χ1n) is 19.8. The van der Waals surface area contributed by atoms with Gasteiger partial charge in [0.05, 0.1) is 29.5 Å². The number of rotatable bonds is 15. The number of benzene rings is 4. The summed E-state index contributed by atoms with van der Waals surface area (Å²) in [5.41, 5.74) is 4.31. The average molecular weight is 799 g/mol. The molecule has 5 N–H and O–H groups in total. The summed E-state index contributed by atoms with van der Waals surface area (Å²) in [6.45, 7) is 3.72. The Kier molecular flexibility index (Phi) is 12.0. The number of fused-ring (bicyclic) bond motifs is 4. The third-order valence-electron chi connectivity index (χ3n) is 11.0. The van der Waals surface area contributed by atoms with Gasteiger partial charge in [-0.1, -0.05) is 60.7 Å². The number of aromatic hydroxyl groups is 1. The van der Waals surface area contributed by atoms with Crippen LogP contribution in [0, 0.1) is 5.92 Å². The summed E-state index contributed by atoms with van der Waals surface area (Å²) in [4.78, 5) is 42.7. The summed E-state index contributed by atoms with van der Waals surface area (Å²) in [6, 6.07) is 31.7. The number of aliphatic hydroxyl groups is 1. The molecule has 5 heterocycles. The average Bonchev–Trinajstić information content (AvgIpc) is 3.72. The standard InChI is InChI=1S/C46H46N4O9/c51-39-15-13-37(38-14-16-42(53)48-44(38)39)40(52)24-47-23-30-21-36(57-27-30)28-58-45(54)33-11-9-29(10-12-33)26-56-35-8-4-7-34(22-35)43(32-5-2-1-3-6-32)49-46(55)59-41-25-50-19-17-31(41)18-20-50/h1-16,21-22,27,31,40-41,43,47,51-52H,17-20,23-26,28H2,(H,48,53)(H,49,55)/t40?,41?,43-/m0/s1. The molecule has 304 valence electrons. The summed E-state index contributed by atoms with van der Waals surface area (Å²) >= 11 is 0. The fraction of sp³-hybridized carbons (Fsp3) is 0.283.